The van der Waals surface area contributed by atoms with Crippen LogP contribution < -0.4 is 22.1 Å². The monoisotopic (exact) mass is 428 g/mol. The summed E-state index contributed by atoms with van der Waals surface area (Å²) in [5.41, 5.74) is 10.6. The van der Waals surface area contributed by atoms with Gasteiger partial charge in [-0.1, -0.05) is 37.3 Å². The number of hydrogen-bond acceptors (Lipinski definition) is 8. The second-order valence-electron chi connectivity index (χ2n) is 7.39. The van der Waals surface area contributed by atoms with E-state index in [9.17, 15) is 19.5 Å². The predicted octanol–water partition coefficient (Wildman–Crippen LogP) is 0.165. The third-order valence-electron chi connectivity index (χ3n) is 4.56. The molecule has 1 saturated carbocycles. The predicted molar refractivity (Wildman–Crippen MR) is 106 cm³/mol. The van der Waals surface area contributed by atoms with Gasteiger partial charge in [0.25, 0.3) is 0 Å². The number of carbonyl (C=O) groups excluding carboxylic acids is 2. The lowest BCUT2D eigenvalue weighted by Gasteiger charge is -2.23. The molecule has 3 atom stereocenters. The lowest BCUT2D eigenvalue weighted by molar-refractivity contribution is -0.141. The lowest BCUT2D eigenvalue weighted by atomic mass is 9.85. The van der Waals surface area contributed by atoms with Crippen LogP contribution in [-0.2, 0) is 16.1 Å². The van der Waals surface area contributed by atoms with Crippen molar-refractivity contribution in [3.8, 4) is 0 Å². The molecule has 0 saturated heterocycles. The van der Waals surface area contributed by atoms with Crippen LogP contribution in [0.2, 0.25) is 0 Å². The van der Waals surface area contributed by atoms with Crippen molar-refractivity contribution < 1.29 is 29.1 Å². The van der Waals surface area contributed by atoms with Crippen LogP contribution in [0.5, 0.6) is 0 Å². The van der Waals surface area contributed by atoms with Crippen LogP contribution >= 0.6 is 0 Å². The van der Waals surface area contributed by atoms with Crippen LogP contribution in [0.3, 0.4) is 0 Å². The molecule has 0 spiro atoms. The summed E-state index contributed by atoms with van der Waals surface area (Å²) in [5.74, 6) is -0.500. The smallest absolute Gasteiger partial charge is 0.328 e. The number of nitrogens with zero attached hydrogens (tertiary/aromatic N) is 2. The fourth-order valence-electron chi connectivity index (χ4n) is 3.11. The zero-order valence-electron chi connectivity index (χ0n) is 17.3. The standard InChI is InChI=1S/C16H27N5O5.C2H5NO/c1-9(22)13(15(23)24)20-16(25)18-8-12-19-14(21-26-12)11(17)7-10-5-3-2-4-6-10;1-2(3)4/h9-11,13,22H,2-8,17H2,1H3,(H,23,24)(H2,18,20,25);1H3,(H2,3,4). The number of primary amides is 1. The maximum absolute atomic E-state index is 11.7. The Labute approximate surface area is 174 Å². The Morgan fingerprint density at radius 3 is 2.40 bits per heavy atom. The Balaban J connectivity index is 0.00000103. The minimum absolute atomic E-state index is 0.0683. The van der Waals surface area contributed by atoms with Gasteiger partial charge in [-0.15, -0.1) is 0 Å². The summed E-state index contributed by atoms with van der Waals surface area (Å²) in [6, 6.07) is -2.47. The van der Waals surface area contributed by atoms with Gasteiger partial charge in [0, 0.05) is 6.92 Å². The van der Waals surface area contributed by atoms with E-state index < -0.39 is 24.1 Å². The second kappa shape index (κ2) is 12.8. The zero-order valence-corrected chi connectivity index (χ0v) is 17.3. The van der Waals surface area contributed by atoms with E-state index in [-0.39, 0.29) is 24.4 Å². The van der Waals surface area contributed by atoms with Crippen LogP contribution in [0.4, 0.5) is 4.79 Å². The van der Waals surface area contributed by atoms with Crippen LogP contribution in [-0.4, -0.2) is 50.4 Å². The quantitative estimate of drug-likeness (QED) is 0.333. The van der Waals surface area contributed by atoms with Crippen molar-refractivity contribution in [2.75, 3.05) is 0 Å². The number of aromatic nitrogens is 2. The summed E-state index contributed by atoms with van der Waals surface area (Å²) >= 11 is 0. The SMILES string of the molecule is CC(N)=O.CC(O)C(NC(=O)NCc1nc(C(N)CC2CCCCC2)no1)C(=O)O. The largest absolute Gasteiger partial charge is 0.480 e. The molecule has 170 valence electrons. The molecule has 12 nitrogen and oxygen atoms in total. The number of carboxylic acids is 1. The van der Waals surface area contributed by atoms with E-state index in [1.807, 2.05) is 0 Å². The number of nitrogens with one attached hydrogen (secondary N) is 2. The Bertz CT molecular complexity index is 684. The van der Waals surface area contributed by atoms with Crippen LogP contribution in [0.15, 0.2) is 4.52 Å². The van der Waals surface area contributed by atoms with Gasteiger partial charge in [-0.2, -0.15) is 4.98 Å². The molecule has 3 unspecified atom stereocenters. The summed E-state index contributed by atoms with van der Waals surface area (Å²) < 4.78 is 5.08. The Morgan fingerprint density at radius 2 is 1.87 bits per heavy atom. The highest BCUT2D eigenvalue weighted by atomic mass is 16.5. The van der Waals surface area contributed by atoms with E-state index in [1.54, 1.807) is 0 Å². The molecule has 0 aromatic carbocycles. The molecule has 1 fully saturated rings. The first kappa shape index (κ1) is 25.3. The van der Waals surface area contributed by atoms with Crippen LogP contribution in [0.1, 0.15) is 70.1 Å². The van der Waals surface area contributed by atoms with Gasteiger partial charge in [0.1, 0.15) is 0 Å². The average molecular weight is 428 g/mol. The summed E-state index contributed by atoms with van der Waals surface area (Å²) in [6.07, 6.45) is 5.68. The molecule has 0 bridgehead atoms. The van der Waals surface area contributed by atoms with E-state index in [1.165, 1.54) is 46.0 Å². The number of hydrogen-bond donors (Lipinski definition) is 6. The molecule has 0 radical (unpaired) electrons. The number of carbonyl (C=O) groups is 3. The molecule has 3 amide bonds. The highest BCUT2D eigenvalue weighted by Crippen LogP contribution is 2.30. The third kappa shape index (κ3) is 9.65. The topological polar surface area (TPSA) is 207 Å². The van der Waals surface area contributed by atoms with E-state index in [2.05, 4.69) is 26.5 Å². The van der Waals surface area contributed by atoms with Crippen molar-refractivity contribution in [1.82, 2.24) is 20.8 Å². The first-order chi connectivity index (χ1) is 14.1. The number of aliphatic hydroxyl groups is 1. The van der Waals surface area contributed by atoms with Gasteiger partial charge in [0.15, 0.2) is 11.9 Å². The van der Waals surface area contributed by atoms with Gasteiger partial charge in [-0.05, 0) is 19.3 Å². The fraction of sp³-hybridized carbons (Fsp3) is 0.722. The van der Waals surface area contributed by atoms with E-state index in [4.69, 9.17) is 15.4 Å². The molecule has 30 heavy (non-hydrogen) atoms. The molecule has 0 aliphatic heterocycles. The number of aliphatic hydroxyl groups excluding tert-OH is 1. The summed E-state index contributed by atoms with van der Waals surface area (Å²) in [4.78, 5) is 36.1. The molecule has 2 rings (SSSR count). The summed E-state index contributed by atoms with van der Waals surface area (Å²) in [7, 11) is 0. The zero-order chi connectivity index (χ0) is 22.7. The van der Waals surface area contributed by atoms with Crippen molar-refractivity contribution in [2.24, 2.45) is 17.4 Å². The van der Waals surface area contributed by atoms with E-state index in [0.717, 1.165) is 6.42 Å². The van der Waals surface area contributed by atoms with Gasteiger partial charge in [0.05, 0.1) is 18.7 Å². The van der Waals surface area contributed by atoms with Gasteiger partial charge in [0.2, 0.25) is 11.8 Å². The van der Waals surface area contributed by atoms with Gasteiger partial charge >= 0.3 is 12.0 Å². The minimum atomic E-state index is -1.41. The third-order valence-corrected chi connectivity index (χ3v) is 4.56. The first-order valence-corrected chi connectivity index (χ1v) is 9.89. The Morgan fingerprint density at radius 1 is 1.27 bits per heavy atom. The van der Waals surface area contributed by atoms with Gasteiger partial charge in [-0.3, -0.25) is 4.79 Å². The molecule has 1 heterocycles. The second-order valence-corrected chi connectivity index (χ2v) is 7.39. The maximum atomic E-state index is 11.7. The number of carboxylic acid groups (broad SMARTS) is 1. The molecule has 8 N–H and O–H groups in total. The van der Waals surface area contributed by atoms with Crippen molar-refractivity contribution in [3.63, 3.8) is 0 Å². The summed E-state index contributed by atoms with van der Waals surface area (Å²) in [5, 5.41) is 26.7. The maximum Gasteiger partial charge on any atom is 0.328 e. The summed E-state index contributed by atoms with van der Waals surface area (Å²) in [6.45, 7) is 2.51. The van der Waals surface area contributed by atoms with Crippen molar-refractivity contribution >= 4 is 17.9 Å². The molecule has 12 heteroatoms. The van der Waals surface area contributed by atoms with Crippen molar-refractivity contribution in [1.29, 1.82) is 0 Å². The highest BCUT2D eigenvalue weighted by Gasteiger charge is 2.25. The van der Waals surface area contributed by atoms with Gasteiger partial charge < -0.3 is 36.8 Å². The van der Waals surface area contributed by atoms with Crippen molar-refractivity contribution in [2.45, 2.75) is 77.1 Å². The lowest BCUT2D eigenvalue weighted by Crippen LogP contribution is -2.51. The van der Waals surface area contributed by atoms with Crippen LogP contribution in [0, 0.1) is 5.92 Å². The minimum Gasteiger partial charge on any atom is -0.480 e. The number of aliphatic carboxylic acids is 1. The van der Waals surface area contributed by atoms with Crippen molar-refractivity contribution in [3.05, 3.63) is 11.7 Å². The van der Waals surface area contributed by atoms with E-state index >= 15 is 0 Å². The molecule has 1 aromatic heterocycles. The Hall–Kier alpha value is -2.73. The normalized spacial score (nSPS) is 17.1. The molecule has 1 aliphatic rings. The highest BCUT2D eigenvalue weighted by molar-refractivity contribution is 5.82. The number of rotatable bonds is 8. The molecular formula is C18H32N6O6. The van der Waals surface area contributed by atoms with E-state index in [0.29, 0.717) is 11.7 Å². The molecule has 1 aromatic rings. The van der Waals surface area contributed by atoms with Gasteiger partial charge in [-0.25, -0.2) is 9.59 Å². The number of amides is 3. The number of nitrogens with two attached hydrogens (primary N) is 2. The molecular weight excluding hydrogens is 396 g/mol. The van der Waals surface area contributed by atoms with Crippen LogP contribution in [0.25, 0.3) is 0 Å². The molecule has 1 aliphatic carbocycles. The Kier molecular flexibility index (Phi) is 10.8. The number of urea groups is 1. The average Bonchev–Trinajstić information content (AvgIpc) is 3.13. The fourth-order valence-corrected chi connectivity index (χ4v) is 3.11. The first-order valence-electron chi connectivity index (χ1n) is 9.89.